The fourth-order valence-corrected chi connectivity index (χ4v) is 2.95. The number of aliphatic imine (C=N–C) groups is 1. The number of rotatable bonds is 7. The maximum atomic E-state index is 5.97. The van der Waals surface area contributed by atoms with Gasteiger partial charge in [-0.1, -0.05) is 24.3 Å². The number of ether oxygens (including phenoxy) is 2. The highest BCUT2D eigenvalue weighted by Crippen LogP contribution is 2.26. The second-order valence-electron chi connectivity index (χ2n) is 6.46. The van der Waals surface area contributed by atoms with Gasteiger partial charge in [0.15, 0.2) is 17.5 Å². The van der Waals surface area contributed by atoms with Crippen LogP contribution in [0.3, 0.4) is 0 Å². The van der Waals surface area contributed by atoms with Crippen LogP contribution in [0, 0.1) is 0 Å². The second-order valence-corrected chi connectivity index (χ2v) is 6.46. The molecule has 7 heteroatoms. The van der Waals surface area contributed by atoms with Crippen LogP contribution in [-0.4, -0.2) is 42.3 Å². The standard InChI is InChI=1S/C21H27N5O2/c1-15(28-19-12-8-7-11-18(19)27-4)13-23-21(22-2)24-14-20-25-16-9-5-6-10-17(16)26(20)3/h5-12,15H,13-14H2,1-4H3,(H2,22,23,24). The zero-order valence-corrected chi connectivity index (χ0v) is 16.8. The van der Waals surface area contributed by atoms with Crippen LogP contribution in [0.15, 0.2) is 53.5 Å². The van der Waals surface area contributed by atoms with Crippen LogP contribution in [0.5, 0.6) is 11.5 Å². The van der Waals surface area contributed by atoms with Gasteiger partial charge in [0.2, 0.25) is 0 Å². The third-order valence-electron chi connectivity index (χ3n) is 4.47. The Labute approximate surface area is 165 Å². The number of nitrogens with zero attached hydrogens (tertiary/aromatic N) is 3. The molecule has 0 bridgehead atoms. The summed E-state index contributed by atoms with van der Waals surface area (Å²) in [5.74, 6) is 3.09. The smallest absolute Gasteiger partial charge is 0.191 e. The van der Waals surface area contributed by atoms with Gasteiger partial charge in [-0.05, 0) is 31.2 Å². The molecule has 0 aliphatic rings. The van der Waals surface area contributed by atoms with E-state index >= 15 is 0 Å². The normalized spacial score (nSPS) is 12.6. The summed E-state index contributed by atoms with van der Waals surface area (Å²) in [4.78, 5) is 8.94. The average molecular weight is 381 g/mol. The Morgan fingerprint density at radius 2 is 1.82 bits per heavy atom. The summed E-state index contributed by atoms with van der Waals surface area (Å²) in [6.07, 6.45) is -0.0643. The number of nitrogens with one attached hydrogen (secondary N) is 2. The number of fused-ring (bicyclic) bond motifs is 1. The van der Waals surface area contributed by atoms with Gasteiger partial charge in [-0.25, -0.2) is 4.98 Å². The molecule has 0 saturated heterocycles. The van der Waals surface area contributed by atoms with Gasteiger partial charge in [-0.15, -0.1) is 0 Å². The molecule has 3 rings (SSSR count). The summed E-state index contributed by atoms with van der Waals surface area (Å²) in [6.45, 7) is 3.17. The summed E-state index contributed by atoms with van der Waals surface area (Å²) in [6, 6.07) is 15.7. The van der Waals surface area contributed by atoms with Crippen molar-refractivity contribution in [1.82, 2.24) is 20.2 Å². The first kappa shape index (κ1) is 19.5. The molecule has 0 aliphatic heterocycles. The highest BCUT2D eigenvalue weighted by Gasteiger charge is 2.11. The lowest BCUT2D eigenvalue weighted by Gasteiger charge is -2.19. The van der Waals surface area contributed by atoms with Gasteiger partial charge in [-0.2, -0.15) is 0 Å². The van der Waals surface area contributed by atoms with Crippen molar-refractivity contribution in [3.63, 3.8) is 0 Å². The SMILES string of the molecule is CN=C(NCc1nc2ccccc2n1C)NCC(C)Oc1ccccc1OC. The molecule has 0 saturated carbocycles. The van der Waals surface area contributed by atoms with Crippen molar-refractivity contribution in [3.8, 4) is 11.5 Å². The lowest BCUT2D eigenvalue weighted by Crippen LogP contribution is -2.41. The molecule has 1 unspecified atom stereocenters. The highest BCUT2D eigenvalue weighted by molar-refractivity contribution is 5.80. The van der Waals surface area contributed by atoms with E-state index in [1.54, 1.807) is 14.2 Å². The Balaban J connectivity index is 1.53. The Kier molecular flexibility index (Phi) is 6.37. The predicted molar refractivity (Wildman–Crippen MR) is 112 cm³/mol. The minimum absolute atomic E-state index is 0.0643. The fraction of sp³-hybridized carbons (Fsp3) is 0.333. The predicted octanol–water partition coefficient (Wildman–Crippen LogP) is 2.71. The summed E-state index contributed by atoms with van der Waals surface area (Å²) in [7, 11) is 5.40. The van der Waals surface area contributed by atoms with E-state index in [0.717, 1.165) is 28.4 Å². The minimum atomic E-state index is -0.0643. The van der Waals surface area contributed by atoms with Crippen molar-refractivity contribution < 1.29 is 9.47 Å². The molecule has 2 aromatic carbocycles. The molecule has 1 atom stereocenters. The number of imidazole rings is 1. The number of para-hydroxylation sites is 4. The monoisotopic (exact) mass is 381 g/mol. The molecule has 0 spiro atoms. The van der Waals surface area contributed by atoms with E-state index in [9.17, 15) is 0 Å². The Bertz CT molecular complexity index is 951. The van der Waals surface area contributed by atoms with Gasteiger partial charge in [0.1, 0.15) is 11.9 Å². The van der Waals surface area contributed by atoms with Crippen LogP contribution in [-0.2, 0) is 13.6 Å². The fourth-order valence-electron chi connectivity index (χ4n) is 2.95. The summed E-state index contributed by atoms with van der Waals surface area (Å²) >= 11 is 0. The number of hydrogen-bond acceptors (Lipinski definition) is 4. The van der Waals surface area contributed by atoms with E-state index < -0.39 is 0 Å². The van der Waals surface area contributed by atoms with Gasteiger partial charge >= 0.3 is 0 Å². The van der Waals surface area contributed by atoms with Gasteiger partial charge < -0.3 is 24.7 Å². The molecule has 1 heterocycles. The number of aromatic nitrogens is 2. The van der Waals surface area contributed by atoms with E-state index in [4.69, 9.17) is 9.47 Å². The van der Waals surface area contributed by atoms with Crippen molar-refractivity contribution in [2.24, 2.45) is 12.0 Å². The molecule has 1 aromatic heterocycles. The first-order valence-corrected chi connectivity index (χ1v) is 9.27. The number of hydrogen-bond donors (Lipinski definition) is 2. The molecule has 0 aliphatic carbocycles. The maximum Gasteiger partial charge on any atom is 0.191 e. The molecule has 0 fully saturated rings. The van der Waals surface area contributed by atoms with Crippen LogP contribution < -0.4 is 20.1 Å². The van der Waals surface area contributed by atoms with Crippen molar-refractivity contribution in [3.05, 3.63) is 54.4 Å². The summed E-state index contributed by atoms with van der Waals surface area (Å²) in [5.41, 5.74) is 2.10. The molecule has 0 amide bonds. The number of guanidine groups is 1. The van der Waals surface area contributed by atoms with Crippen molar-refractivity contribution >= 4 is 17.0 Å². The third-order valence-corrected chi connectivity index (χ3v) is 4.47. The highest BCUT2D eigenvalue weighted by atomic mass is 16.5. The first-order valence-electron chi connectivity index (χ1n) is 9.27. The largest absolute Gasteiger partial charge is 0.493 e. The quantitative estimate of drug-likeness (QED) is 0.486. The Morgan fingerprint density at radius 3 is 2.54 bits per heavy atom. The first-order chi connectivity index (χ1) is 13.6. The van der Waals surface area contributed by atoms with Gasteiger partial charge in [0, 0.05) is 14.1 Å². The van der Waals surface area contributed by atoms with Crippen LogP contribution in [0.2, 0.25) is 0 Å². The van der Waals surface area contributed by atoms with E-state index in [2.05, 4.69) is 31.2 Å². The third kappa shape index (κ3) is 4.54. The maximum absolute atomic E-state index is 5.97. The van der Waals surface area contributed by atoms with Crippen LogP contribution in [0.4, 0.5) is 0 Å². The molecule has 28 heavy (non-hydrogen) atoms. The summed E-state index contributed by atoms with van der Waals surface area (Å²) < 4.78 is 13.4. The molecular weight excluding hydrogens is 354 g/mol. The molecule has 148 valence electrons. The minimum Gasteiger partial charge on any atom is -0.493 e. The van der Waals surface area contributed by atoms with Crippen molar-refractivity contribution in [2.75, 3.05) is 20.7 Å². The number of aryl methyl sites for hydroxylation is 1. The molecular formula is C21H27N5O2. The van der Waals surface area contributed by atoms with Crippen molar-refractivity contribution in [1.29, 1.82) is 0 Å². The van der Waals surface area contributed by atoms with Crippen LogP contribution in [0.25, 0.3) is 11.0 Å². The van der Waals surface area contributed by atoms with E-state index in [0.29, 0.717) is 19.0 Å². The Hall–Kier alpha value is -3.22. The van der Waals surface area contributed by atoms with E-state index in [1.165, 1.54) is 0 Å². The zero-order chi connectivity index (χ0) is 19.9. The lowest BCUT2D eigenvalue weighted by molar-refractivity contribution is 0.213. The van der Waals surface area contributed by atoms with Crippen LogP contribution >= 0.6 is 0 Å². The molecule has 0 radical (unpaired) electrons. The lowest BCUT2D eigenvalue weighted by atomic mass is 10.3. The van der Waals surface area contributed by atoms with Gasteiger partial charge in [0.25, 0.3) is 0 Å². The number of methoxy groups -OCH3 is 1. The van der Waals surface area contributed by atoms with Gasteiger partial charge in [0.05, 0.1) is 31.2 Å². The van der Waals surface area contributed by atoms with Crippen molar-refractivity contribution in [2.45, 2.75) is 19.6 Å². The van der Waals surface area contributed by atoms with Crippen LogP contribution in [0.1, 0.15) is 12.7 Å². The Morgan fingerprint density at radius 1 is 1.11 bits per heavy atom. The van der Waals surface area contributed by atoms with E-state index in [-0.39, 0.29) is 6.10 Å². The average Bonchev–Trinajstić information content (AvgIpc) is 3.04. The molecule has 7 nitrogen and oxygen atoms in total. The summed E-state index contributed by atoms with van der Waals surface area (Å²) in [5, 5.41) is 6.59. The number of benzene rings is 2. The molecule has 2 N–H and O–H groups in total. The topological polar surface area (TPSA) is 72.7 Å². The molecule has 3 aromatic rings. The zero-order valence-electron chi connectivity index (χ0n) is 16.8. The second kappa shape index (κ2) is 9.12. The van der Waals surface area contributed by atoms with E-state index in [1.807, 2.05) is 56.4 Å². The van der Waals surface area contributed by atoms with Gasteiger partial charge in [-0.3, -0.25) is 4.99 Å².